The van der Waals surface area contributed by atoms with E-state index in [9.17, 15) is 5.26 Å². The summed E-state index contributed by atoms with van der Waals surface area (Å²) in [5.74, 6) is 1.52. The Hall–Kier alpha value is -2.47. The van der Waals surface area contributed by atoms with Crippen molar-refractivity contribution in [1.82, 2.24) is 0 Å². The summed E-state index contributed by atoms with van der Waals surface area (Å²) in [4.78, 5) is 0. The van der Waals surface area contributed by atoms with Crippen LogP contribution in [0.15, 0.2) is 42.5 Å². The first-order valence-electron chi connectivity index (χ1n) is 7.41. The number of nitrogens with zero attached hydrogens (tertiary/aromatic N) is 1. The van der Waals surface area contributed by atoms with Gasteiger partial charge >= 0.3 is 0 Å². The molecule has 3 heteroatoms. The molecule has 2 aromatic carbocycles. The molecule has 0 saturated carbocycles. The molecule has 0 radical (unpaired) electrons. The quantitative estimate of drug-likeness (QED) is 0.805. The van der Waals surface area contributed by atoms with Gasteiger partial charge in [-0.3, -0.25) is 0 Å². The standard InChI is InChI=1S/C19H21NO2/c1-4-15-12-16(8-9-19(15)22-3)17(13-20)10-14-6-5-7-18(11-14)21-2/h5-9,11-12,17H,4,10H2,1-3H3. The zero-order valence-electron chi connectivity index (χ0n) is 13.3. The van der Waals surface area contributed by atoms with E-state index in [2.05, 4.69) is 19.1 Å². The van der Waals surface area contributed by atoms with Crippen LogP contribution in [0.2, 0.25) is 0 Å². The average Bonchev–Trinajstić information content (AvgIpc) is 2.59. The number of hydrogen-bond acceptors (Lipinski definition) is 3. The SMILES string of the molecule is CCc1cc(C(C#N)Cc2cccc(OC)c2)ccc1OC. The Bertz CT molecular complexity index is 673. The van der Waals surface area contributed by atoms with Gasteiger partial charge in [-0.15, -0.1) is 0 Å². The van der Waals surface area contributed by atoms with Gasteiger partial charge in [-0.1, -0.05) is 31.2 Å². The Morgan fingerprint density at radius 1 is 1.09 bits per heavy atom. The van der Waals surface area contributed by atoms with Crippen LogP contribution in [0.5, 0.6) is 11.5 Å². The number of nitriles is 1. The van der Waals surface area contributed by atoms with Crippen molar-refractivity contribution in [2.45, 2.75) is 25.7 Å². The minimum Gasteiger partial charge on any atom is -0.497 e. The highest BCUT2D eigenvalue weighted by Crippen LogP contribution is 2.27. The predicted octanol–water partition coefficient (Wildman–Crippen LogP) is 4.12. The Kier molecular flexibility index (Phi) is 5.43. The van der Waals surface area contributed by atoms with E-state index in [0.717, 1.165) is 34.6 Å². The number of aryl methyl sites for hydroxylation is 1. The summed E-state index contributed by atoms with van der Waals surface area (Å²) in [6.45, 7) is 2.09. The molecule has 0 saturated heterocycles. The van der Waals surface area contributed by atoms with E-state index < -0.39 is 0 Å². The number of hydrogen-bond donors (Lipinski definition) is 0. The van der Waals surface area contributed by atoms with E-state index in [-0.39, 0.29) is 5.92 Å². The van der Waals surface area contributed by atoms with Gasteiger partial charge in [0, 0.05) is 0 Å². The molecule has 0 amide bonds. The van der Waals surface area contributed by atoms with Crippen molar-refractivity contribution in [3.8, 4) is 17.6 Å². The van der Waals surface area contributed by atoms with Gasteiger partial charge in [0.1, 0.15) is 11.5 Å². The van der Waals surface area contributed by atoms with Crippen molar-refractivity contribution < 1.29 is 9.47 Å². The van der Waals surface area contributed by atoms with Crippen molar-refractivity contribution in [1.29, 1.82) is 5.26 Å². The fourth-order valence-electron chi connectivity index (χ4n) is 2.56. The Morgan fingerprint density at radius 2 is 1.91 bits per heavy atom. The molecule has 0 bridgehead atoms. The zero-order valence-corrected chi connectivity index (χ0v) is 13.3. The van der Waals surface area contributed by atoms with Crippen molar-refractivity contribution in [3.63, 3.8) is 0 Å². The van der Waals surface area contributed by atoms with Crippen LogP contribution < -0.4 is 9.47 Å². The van der Waals surface area contributed by atoms with Crippen LogP contribution in [0.4, 0.5) is 0 Å². The molecule has 1 unspecified atom stereocenters. The van der Waals surface area contributed by atoms with E-state index in [1.165, 1.54) is 0 Å². The summed E-state index contributed by atoms with van der Waals surface area (Å²) < 4.78 is 10.6. The monoisotopic (exact) mass is 295 g/mol. The smallest absolute Gasteiger partial charge is 0.122 e. The molecule has 1 atom stereocenters. The maximum atomic E-state index is 9.54. The molecule has 0 aliphatic heterocycles. The summed E-state index contributed by atoms with van der Waals surface area (Å²) in [5, 5.41) is 9.54. The topological polar surface area (TPSA) is 42.2 Å². The van der Waals surface area contributed by atoms with E-state index in [0.29, 0.717) is 6.42 Å². The Morgan fingerprint density at radius 3 is 2.55 bits per heavy atom. The van der Waals surface area contributed by atoms with Crippen LogP contribution in [0.1, 0.15) is 29.5 Å². The number of methoxy groups -OCH3 is 2. The number of rotatable bonds is 6. The van der Waals surface area contributed by atoms with E-state index >= 15 is 0 Å². The number of ether oxygens (including phenoxy) is 2. The fraction of sp³-hybridized carbons (Fsp3) is 0.316. The fourth-order valence-corrected chi connectivity index (χ4v) is 2.56. The Labute approximate surface area is 132 Å². The highest BCUT2D eigenvalue weighted by atomic mass is 16.5. The lowest BCUT2D eigenvalue weighted by Crippen LogP contribution is -2.02. The lowest BCUT2D eigenvalue weighted by Gasteiger charge is -2.14. The molecule has 0 spiro atoms. The van der Waals surface area contributed by atoms with Gasteiger partial charge < -0.3 is 9.47 Å². The predicted molar refractivity (Wildman–Crippen MR) is 87.4 cm³/mol. The summed E-state index contributed by atoms with van der Waals surface area (Å²) in [5.41, 5.74) is 3.26. The van der Waals surface area contributed by atoms with Gasteiger partial charge in [0.05, 0.1) is 26.2 Å². The van der Waals surface area contributed by atoms with Crippen molar-refractivity contribution >= 4 is 0 Å². The first-order chi connectivity index (χ1) is 10.7. The van der Waals surface area contributed by atoms with E-state index in [1.54, 1.807) is 14.2 Å². The molecular weight excluding hydrogens is 274 g/mol. The van der Waals surface area contributed by atoms with Crippen molar-refractivity contribution in [3.05, 3.63) is 59.2 Å². The largest absolute Gasteiger partial charge is 0.497 e. The minimum atomic E-state index is -0.177. The van der Waals surface area contributed by atoms with Crippen molar-refractivity contribution in [2.75, 3.05) is 14.2 Å². The molecule has 0 fully saturated rings. The third kappa shape index (κ3) is 3.59. The molecule has 114 valence electrons. The summed E-state index contributed by atoms with van der Waals surface area (Å²) in [6.07, 6.45) is 1.55. The Balaban J connectivity index is 2.26. The molecule has 0 aliphatic rings. The first-order valence-corrected chi connectivity index (χ1v) is 7.41. The van der Waals surface area contributed by atoms with E-state index in [1.807, 2.05) is 36.4 Å². The summed E-state index contributed by atoms with van der Waals surface area (Å²) >= 11 is 0. The van der Waals surface area contributed by atoms with Gasteiger partial charge in [0.15, 0.2) is 0 Å². The van der Waals surface area contributed by atoms with Gasteiger partial charge in [0.25, 0.3) is 0 Å². The first kappa shape index (κ1) is 15.9. The molecule has 22 heavy (non-hydrogen) atoms. The summed E-state index contributed by atoms with van der Waals surface area (Å²) in [6, 6.07) is 16.3. The third-order valence-electron chi connectivity index (χ3n) is 3.82. The minimum absolute atomic E-state index is 0.177. The highest BCUT2D eigenvalue weighted by molar-refractivity contribution is 5.41. The second-order valence-electron chi connectivity index (χ2n) is 5.16. The maximum absolute atomic E-state index is 9.54. The zero-order chi connectivity index (χ0) is 15.9. The van der Waals surface area contributed by atoms with Gasteiger partial charge in [-0.05, 0) is 47.7 Å². The third-order valence-corrected chi connectivity index (χ3v) is 3.82. The van der Waals surface area contributed by atoms with Crippen LogP contribution >= 0.6 is 0 Å². The molecule has 0 heterocycles. The molecule has 0 aliphatic carbocycles. The van der Waals surface area contributed by atoms with Crippen LogP contribution in [0.25, 0.3) is 0 Å². The lowest BCUT2D eigenvalue weighted by atomic mass is 9.91. The molecule has 0 aromatic heterocycles. The molecule has 2 aromatic rings. The average molecular weight is 295 g/mol. The number of benzene rings is 2. The van der Waals surface area contributed by atoms with Crippen LogP contribution in [0.3, 0.4) is 0 Å². The highest BCUT2D eigenvalue weighted by Gasteiger charge is 2.14. The summed E-state index contributed by atoms with van der Waals surface area (Å²) in [7, 11) is 3.32. The maximum Gasteiger partial charge on any atom is 0.122 e. The van der Waals surface area contributed by atoms with Gasteiger partial charge in [-0.2, -0.15) is 5.26 Å². The molecule has 2 rings (SSSR count). The van der Waals surface area contributed by atoms with Gasteiger partial charge in [0.2, 0.25) is 0 Å². The normalized spacial score (nSPS) is 11.5. The van der Waals surface area contributed by atoms with Crippen LogP contribution in [-0.2, 0) is 12.8 Å². The van der Waals surface area contributed by atoms with Crippen LogP contribution in [0, 0.1) is 11.3 Å². The van der Waals surface area contributed by atoms with Crippen LogP contribution in [-0.4, -0.2) is 14.2 Å². The molecular formula is C19H21NO2. The second kappa shape index (κ2) is 7.51. The molecule has 3 nitrogen and oxygen atoms in total. The second-order valence-corrected chi connectivity index (χ2v) is 5.16. The van der Waals surface area contributed by atoms with E-state index in [4.69, 9.17) is 9.47 Å². The van der Waals surface area contributed by atoms with Gasteiger partial charge in [-0.25, -0.2) is 0 Å². The molecule has 0 N–H and O–H groups in total. The van der Waals surface area contributed by atoms with Crippen molar-refractivity contribution in [2.24, 2.45) is 0 Å². The lowest BCUT2D eigenvalue weighted by molar-refractivity contribution is 0.410.